The number of ether oxygens (including phenoxy) is 2. The second kappa shape index (κ2) is 13.1. The summed E-state index contributed by atoms with van der Waals surface area (Å²) in [6.07, 6.45) is 3.30. The molecule has 2 N–H and O–H groups in total. The van der Waals surface area contributed by atoms with Crippen LogP contribution in [0.25, 0.3) is 11.1 Å². The molecule has 0 unspecified atom stereocenters. The van der Waals surface area contributed by atoms with Gasteiger partial charge in [0.05, 0.1) is 5.92 Å². The average Bonchev–Trinajstić information content (AvgIpc) is 2.99. The molecule has 5 rings (SSSR count). The van der Waals surface area contributed by atoms with Gasteiger partial charge in [-0.1, -0.05) is 84.9 Å². The normalized spacial score (nSPS) is 16.9. The molecule has 0 amide bonds. The van der Waals surface area contributed by atoms with Crippen LogP contribution in [0.2, 0.25) is 0 Å². The fourth-order valence-electron chi connectivity index (χ4n) is 4.90. The van der Waals surface area contributed by atoms with Crippen molar-refractivity contribution in [3.63, 3.8) is 0 Å². The van der Waals surface area contributed by atoms with Gasteiger partial charge in [-0.25, -0.2) is 0 Å². The first-order valence-corrected chi connectivity index (χ1v) is 13.5. The lowest BCUT2D eigenvalue weighted by atomic mass is 9.86. The van der Waals surface area contributed by atoms with Gasteiger partial charge in [0, 0.05) is 24.2 Å². The van der Waals surface area contributed by atoms with E-state index in [1.54, 1.807) is 0 Å². The van der Waals surface area contributed by atoms with Gasteiger partial charge < -0.3 is 19.9 Å². The molecule has 0 saturated heterocycles. The minimum atomic E-state index is -0.665. The Hall–Kier alpha value is -4.16. The lowest BCUT2D eigenvalue weighted by Crippen LogP contribution is -2.34. The fraction of sp³-hybridized carbons (Fsp3) is 0.273. The first kappa shape index (κ1) is 26.4. The van der Waals surface area contributed by atoms with Crippen molar-refractivity contribution in [2.75, 3.05) is 0 Å². The molecule has 1 aromatic heterocycles. The Morgan fingerprint density at radius 1 is 0.744 bits per heavy atom. The summed E-state index contributed by atoms with van der Waals surface area (Å²) in [5.74, 6) is 0.195. The third kappa shape index (κ3) is 7.45. The second-order valence-electron chi connectivity index (χ2n) is 10.0. The first-order chi connectivity index (χ1) is 19.1. The summed E-state index contributed by atoms with van der Waals surface area (Å²) in [5, 5.41) is 12.8. The molecule has 200 valence electrons. The maximum absolute atomic E-state index is 11.2. The van der Waals surface area contributed by atoms with Crippen LogP contribution >= 0.6 is 0 Å². The maximum atomic E-state index is 11.2. The lowest BCUT2D eigenvalue weighted by Gasteiger charge is -2.27. The van der Waals surface area contributed by atoms with Crippen LogP contribution in [0.15, 0.2) is 97.1 Å². The zero-order valence-corrected chi connectivity index (χ0v) is 22.0. The van der Waals surface area contributed by atoms with Crippen LogP contribution in [-0.2, 0) is 24.6 Å². The summed E-state index contributed by atoms with van der Waals surface area (Å²) in [6, 6.07) is 32.7. The van der Waals surface area contributed by atoms with Gasteiger partial charge in [0.1, 0.15) is 13.2 Å². The van der Waals surface area contributed by atoms with E-state index < -0.39 is 5.97 Å². The highest BCUT2D eigenvalue weighted by Gasteiger charge is 2.25. The molecule has 1 aliphatic rings. The number of carbonyl (C=O) groups is 1. The van der Waals surface area contributed by atoms with Gasteiger partial charge in [-0.2, -0.15) is 4.98 Å². The van der Waals surface area contributed by atoms with Gasteiger partial charge in [0.15, 0.2) is 0 Å². The maximum Gasteiger partial charge on any atom is 0.306 e. The van der Waals surface area contributed by atoms with Crippen molar-refractivity contribution in [2.24, 2.45) is 5.92 Å². The van der Waals surface area contributed by atoms with Gasteiger partial charge in [0.2, 0.25) is 11.8 Å². The SMILES string of the molecule is O=C(O)C1CCC(NCc2ccc(-c3ccc(OCc4ccccc4)nc3OCc3ccccc3)cc2)CC1. The Morgan fingerprint density at radius 3 is 1.97 bits per heavy atom. The molecule has 6 heteroatoms. The molecular weight excluding hydrogens is 488 g/mol. The largest absolute Gasteiger partial charge is 0.481 e. The number of pyridine rings is 1. The topological polar surface area (TPSA) is 80.7 Å². The second-order valence-corrected chi connectivity index (χ2v) is 10.0. The molecule has 1 heterocycles. The number of nitrogens with zero attached hydrogens (tertiary/aromatic N) is 1. The predicted octanol–water partition coefficient (Wildman–Crippen LogP) is 6.64. The van der Waals surface area contributed by atoms with Crippen LogP contribution in [0.4, 0.5) is 0 Å². The molecule has 0 aliphatic heterocycles. The van der Waals surface area contributed by atoms with E-state index in [4.69, 9.17) is 14.5 Å². The van der Waals surface area contributed by atoms with Crippen molar-refractivity contribution >= 4 is 5.97 Å². The number of hydrogen-bond donors (Lipinski definition) is 2. The Kier molecular flexibility index (Phi) is 8.86. The number of carboxylic acids is 1. The molecule has 0 bridgehead atoms. The molecule has 6 nitrogen and oxygen atoms in total. The Bertz CT molecular complexity index is 1340. The summed E-state index contributed by atoms with van der Waals surface area (Å²) in [5.41, 5.74) is 5.26. The van der Waals surface area contributed by atoms with E-state index in [1.807, 2.05) is 72.8 Å². The molecule has 4 aromatic rings. The quantitative estimate of drug-likeness (QED) is 0.230. The molecule has 1 saturated carbocycles. The molecular formula is C33H34N2O4. The van der Waals surface area contributed by atoms with E-state index in [9.17, 15) is 9.90 Å². The first-order valence-electron chi connectivity index (χ1n) is 13.5. The zero-order chi connectivity index (χ0) is 26.9. The third-order valence-corrected chi connectivity index (χ3v) is 7.22. The Morgan fingerprint density at radius 2 is 1.36 bits per heavy atom. The summed E-state index contributed by atoms with van der Waals surface area (Å²) in [4.78, 5) is 15.9. The van der Waals surface area contributed by atoms with Crippen molar-refractivity contribution in [1.29, 1.82) is 0 Å². The molecule has 0 spiro atoms. The number of aliphatic carboxylic acids is 1. The summed E-state index contributed by atoms with van der Waals surface area (Å²) < 4.78 is 12.2. The van der Waals surface area contributed by atoms with E-state index in [0.29, 0.717) is 31.0 Å². The highest BCUT2D eigenvalue weighted by Crippen LogP contribution is 2.32. The molecule has 3 aromatic carbocycles. The van der Waals surface area contributed by atoms with E-state index in [0.717, 1.165) is 54.5 Å². The Balaban J connectivity index is 1.26. The minimum Gasteiger partial charge on any atom is -0.481 e. The van der Waals surface area contributed by atoms with Crippen molar-refractivity contribution < 1.29 is 19.4 Å². The smallest absolute Gasteiger partial charge is 0.306 e. The van der Waals surface area contributed by atoms with Gasteiger partial charge in [-0.3, -0.25) is 4.79 Å². The standard InChI is InChI=1S/C33H34N2O4/c36-33(37)28-15-17-29(18-16-28)34-21-24-11-13-27(14-12-24)30-19-20-31(38-22-25-7-3-1-4-8-25)35-32(30)39-23-26-9-5-2-6-10-26/h1-14,19-20,28-29,34H,15-18,21-23H2,(H,36,37). The van der Waals surface area contributed by atoms with Crippen LogP contribution in [0.5, 0.6) is 11.8 Å². The highest BCUT2D eigenvalue weighted by molar-refractivity contribution is 5.70. The molecule has 39 heavy (non-hydrogen) atoms. The van der Waals surface area contributed by atoms with Gasteiger partial charge in [-0.15, -0.1) is 0 Å². The van der Waals surface area contributed by atoms with Crippen molar-refractivity contribution in [3.8, 4) is 22.9 Å². The van der Waals surface area contributed by atoms with Crippen molar-refractivity contribution in [2.45, 2.75) is 51.5 Å². The molecule has 0 radical (unpaired) electrons. The van der Waals surface area contributed by atoms with Gasteiger partial charge in [-0.05, 0) is 54.0 Å². The molecule has 0 atom stereocenters. The van der Waals surface area contributed by atoms with Crippen LogP contribution in [0.3, 0.4) is 0 Å². The average molecular weight is 523 g/mol. The summed E-state index contributed by atoms with van der Waals surface area (Å²) in [6.45, 7) is 1.60. The number of nitrogens with one attached hydrogen (secondary N) is 1. The van der Waals surface area contributed by atoms with Crippen LogP contribution < -0.4 is 14.8 Å². The third-order valence-electron chi connectivity index (χ3n) is 7.22. The minimum absolute atomic E-state index is 0.190. The predicted molar refractivity (Wildman–Crippen MR) is 151 cm³/mol. The van der Waals surface area contributed by atoms with Crippen LogP contribution in [0, 0.1) is 5.92 Å². The summed E-state index contributed by atoms with van der Waals surface area (Å²) in [7, 11) is 0. The lowest BCUT2D eigenvalue weighted by molar-refractivity contribution is -0.142. The van der Waals surface area contributed by atoms with E-state index in [-0.39, 0.29) is 5.92 Å². The van der Waals surface area contributed by atoms with E-state index in [1.165, 1.54) is 5.56 Å². The fourth-order valence-corrected chi connectivity index (χ4v) is 4.90. The number of benzene rings is 3. The van der Waals surface area contributed by atoms with Crippen molar-refractivity contribution in [3.05, 3.63) is 114 Å². The highest BCUT2D eigenvalue weighted by atomic mass is 16.5. The molecule has 1 fully saturated rings. The monoisotopic (exact) mass is 522 g/mol. The number of hydrogen-bond acceptors (Lipinski definition) is 5. The van der Waals surface area contributed by atoms with E-state index in [2.05, 4.69) is 29.6 Å². The number of carboxylic acid groups (broad SMARTS) is 1. The van der Waals surface area contributed by atoms with Crippen LogP contribution in [0.1, 0.15) is 42.4 Å². The molecule has 1 aliphatic carbocycles. The zero-order valence-electron chi connectivity index (χ0n) is 22.0. The number of rotatable bonds is 11. The van der Waals surface area contributed by atoms with Crippen LogP contribution in [-0.4, -0.2) is 22.1 Å². The number of aromatic nitrogens is 1. The van der Waals surface area contributed by atoms with Gasteiger partial charge in [0.25, 0.3) is 0 Å². The van der Waals surface area contributed by atoms with E-state index >= 15 is 0 Å². The van der Waals surface area contributed by atoms with Gasteiger partial charge >= 0.3 is 5.97 Å². The van der Waals surface area contributed by atoms with Crippen molar-refractivity contribution in [1.82, 2.24) is 10.3 Å². The Labute approximate surface area is 229 Å². The summed E-state index contributed by atoms with van der Waals surface area (Å²) >= 11 is 0.